The highest BCUT2D eigenvalue weighted by molar-refractivity contribution is 5.75. The van der Waals surface area contributed by atoms with Gasteiger partial charge in [-0.25, -0.2) is 0 Å². The van der Waals surface area contributed by atoms with Crippen molar-refractivity contribution in [2.24, 2.45) is 0 Å². The normalized spacial score (nSPS) is 13.4. The van der Waals surface area contributed by atoms with Gasteiger partial charge < -0.3 is 10.4 Å². The van der Waals surface area contributed by atoms with E-state index in [9.17, 15) is 4.79 Å². The van der Waals surface area contributed by atoms with Gasteiger partial charge in [0.05, 0.1) is 6.61 Å². The summed E-state index contributed by atoms with van der Waals surface area (Å²) in [5, 5.41) is 11.3. The van der Waals surface area contributed by atoms with Crippen LogP contribution in [0.2, 0.25) is 0 Å². The Labute approximate surface area is 108 Å². The van der Waals surface area contributed by atoms with Crippen LogP contribution in [0.1, 0.15) is 36.0 Å². The molecule has 1 aliphatic carbocycles. The molecule has 1 aromatic rings. The highest BCUT2D eigenvalue weighted by Gasteiger charge is 2.10. The second-order valence-corrected chi connectivity index (χ2v) is 4.88. The minimum absolute atomic E-state index is 0.0105. The molecule has 1 aliphatic rings. The first kappa shape index (κ1) is 13.1. The van der Waals surface area contributed by atoms with Gasteiger partial charge in [-0.05, 0) is 48.8 Å². The first-order valence-electron chi connectivity index (χ1n) is 6.78. The number of hydrogen-bond donors (Lipinski definition) is 2. The van der Waals surface area contributed by atoms with Gasteiger partial charge in [0.1, 0.15) is 0 Å². The Kier molecular flexibility index (Phi) is 4.76. The van der Waals surface area contributed by atoms with E-state index >= 15 is 0 Å². The second-order valence-electron chi connectivity index (χ2n) is 4.88. The van der Waals surface area contributed by atoms with Crippen LogP contribution in [-0.2, 0) is 24.1 Å². The molecule has 0 heterocycles. The molecule has 3 nitrogen and oxygen atoms in total. The van der Waals surface area contributed by atoms with Gasteiger partial charge in [-0.15, -0.1) is 0 Å². The third-order valence-electron chi connectivity index (χ3n) is 3.47. The maximum Gasteiger partial charge on any atom is 0.220 e. The number of fused-ring (bicyclic) bond motifs is 1. The lowest BCUT2D eigenvalue weighted by Crippen LogP contribution is -2.26. The van der Waals surface area contributed by atoms with Crippen LogP contribution in [-0.4, -0.2) is 24.2 Å². The van der Waals surface area contributed by atoms with Crippen LogP contribution >= 0.6 is 0 Å². The number of carbonyl (C=O) groups excluding carboxylic acids is 1. The van der Waals surface area contributed by atoms with Crippen LogP contribution in [0.25, 0.3) is 0 Å². The van der Waals surface area contributed by atoms with Gasteiger partial charge in [0.25, 0.3) is 0 Å². The number of hydrogen-bond acceptors (Lipinski definition) is 2. The largest absolute Gasteiger partial charge is 0.395 e. The molecule has 0 atom stereocenters. The smallest absolute Gasteiger partial charge is 0.220 e. The minimum atomic E-state index is 0.0105. The minimum Gasteiger partial charge on any atom is -0.395 e. The number of benzene rings is 1. The van der Waals surface area contributed by atoms with E-state index in [1.807, 2.05) is 0 Å². The Bertz CT molecular complexity index is 415. The van der Waals surface area contributed by atoms with E-state index in [0.29, 0.717) is 13.0 Å². The molecule has 0 aromatic heterocycles. The highest BCUT2D eigenvalue weighted by atomic mass is 16.3. The molecule has 0 radical (unpaired) electrons. The summed E-state index contributed by atoms with van der Waals surface area (Å²) in [4.78, 5) is 11.4. The Morgan fingerprint density at radius 1 is 1.28 bits per heavy atom. The van der Waals surface area contributed by atoms with Crippen molar-refractivity contribution in [1.29, 1.82) is 0 Å². The zero-order valence-corrected chi connectivity index (χ0v) is 10.7. The molecule has 0 bridgehead atoms. The molecule has 1 amide bonds. The van der Waals surface area contributed by atoms with Crippen molar-refractivity contribution < 1.29 is 9.90 Å². The lowest BCUT2D eigenvalue weighted by atomic mass is 10.0. The Balaban J connectivity index is 1.75. The van der Waals surface area contributed by atoms with E-state index in [1.54, 1.807) is 0 Å². The Hall–Kier alpha value is -1.35. The molecule has 0 aliphatic heterocycles. The Morgan fingerprint density at radius 2 is 2.11 bits per heavy atom. The molecule has 98 valence electrons. The molecule has 0 unspecified atom stereocenters. The maximum atomic E-state index is 11.4. The van der Waals surface area contributed by atoms with Crippen molar-refractivity contribution in [2.45, 2.75) is 38.5 Å². The van der Waals surface area contributed by atoms with Gasteiger partial charge in [0.2, 0.25) is 5.91 Å². The van der Waals surface area contributed by atoms with Crippen molar-refractivity contribution in [3.05, 3.63) is 34.9 Å². The fourth-order valence-electron chi connectivity index (χ4n) is 2.52. The average Bonchev–Trinajstić information content (AvgIpc) is 2.83. The van der Waals surface area contributed by atoms with Crippen molar-refractivity contribution >= 4 is 5.91 Å². The van der Waals surface area contributed by atoms with Gasteiger partial charge in [-0.3, -0.25) is 4.79 Å². The first-order valence-corrected chi connectivity index (χ1v) is 6.78. The third kappa shape index (κ3) is 3.57. The lowest BCUT2D eigenvalue weighted by Gasteiger charge is -2.05. The number of carbonyl (C=O) groups is 1. The molecular formula is C15H21NO2. The van der Waals surface area contributed by atoms with E-state index in [1.165, 1.54) is 36.0 Å². The molecular weight excluding hydrogens is 226 g/mol. The third-order valence-corrected chi connectivity index (χ3v) is 3.47. The van der Waals surface area contributed by atoms with Crippen molar-refractivity contribution in [3.8, 4) is 0 Å². The second kappa shape index (κ2) is 6.55. The van der Waals surface area contributed by atoms with Crippen LogP contribution in [0.3, 0.4) is 0 Å². The SMILES string of the molecule is O=C(CCCc1ccc2c(c1)CCC2)NCCO. The van der Waals surface area contributed by atoms with Crippen molar-refractivity contribution in [3.63, 3.8) is 0 Å². The van der Waals surface area contributed by atoms with Crippen LogP contribution < -0.4 is 5.32 Å². The van der Waals surface area contributed by atoms with Crippen LogP contribution in [0, 0.1) is 0 Å². The fourth-order valence-corrected chi connectivity index (χ4v) is 2.52. The number of aryl methyl sites for hydroxylation is 3. The molecule has 3 heteroatoms. The standard InChI is InChI=1S/C15H21NO2/c17-10-9-16-15(18)6-1-3-12-7-8-13-4-2-5-14(13)11-12/h7-8,11,17H,1-6,9-10H2,(H,16,18). The van der Waals surface area contributed by atoms with Crippen LogP contribution in [0.15, 0.2) is 18.2 Å². The fraction of sp³-hybridized carbons (Fsp3) is 0.533. The summed E-state index contributed by atoms with van der Waals surface area (Å²) in [7, 11) is 0. The predicted molar refractivity (Wildman–Crippen MR) is 71.5 cm³/mol. The first-order chi connectivity index (χ1) is 8.79. The zero-order chi connectivity index (χ0) is 12.8. The average molecular weight is 247 g/mol. The quantitative estimate of drug-likeness (QED) is 0.802. The number of rotatable bonds is 6. The van der Waals surface area contributed by atoms with Gasteiger partial charge >= 0.3 is 0 Å². The van der Waals surface area contributed by atoms with E-state index in [2.05, 4.69) is 23.5 Å². The van der Waals surface area contributed by atoms with Gasteiger partial charge in [-0.2, -0.15) is 0 Å². The highest BCUT2D eigenvalue weighted by Crippen LogP contribution is 2.23. The van der Waals surface area contributed by atoms with Crippen LogP contribution in [0.4, 0.5) is 0 Å². The summed E-state index contributed by atoms with van der Waals surface area (Å²) in [6.07, 6.45) is 6.08. The van der Waals surface area contributed by atoms with E-state index < -0.39 is 0 Å². The van der Waals surface area contributed by atoms with E-state index in [4.69, 9.17) is 5.11 Å². The molecule has 1 aromatic carbocycles. The summed E-state index contributed by atoms with van der Waals surface area (Å²) in [6.45, 7) is 0.369. The maximum absolute atomic E-state index is 11.4. The topological polar surface area (TPSA) is 49.3 Å². The summed E-state index contributed by atoms with van der Waals surface area (Å²) in [5.41, 5.74) is 4.34. The molecule has 0 saturated carbocycles. The van der Waals surface area contributed by atoms with Gasteiger partial charge in [0, 0.05) is 13.0 Å². The number of aliphatic hydroxyl groups excluding tert-OH is 1. The number of amides is 1. The summed E-state index contributed by atoms with van der Waals surface area (Å²) in [5.74, 6) is 0.0326. The van der Waals surface area contributed by atoms with E-state index in [0.717, 1.165) is 12.8 Å². The predicted octanol–water partition coefficient (Wildman–Crippen LogP) is 1.61. The summed E-state index contributed by atoms with van der Waals surface area (Å²) < 4.78 is 0. The Morgan fingerprint density at radius 3 is 2.94 bits per heavy atom. The van der Waals surface area contributed by atoms with Crippen molar-refractivity contribution in [1.82, 2.24) is 5.32 Å². The number of nitrogens with one attached hydrogen (secondary N) is 1. The van der Waals surface area contributed by atoms with Crippen molar-refractivity contribution in [2.75, 3.05) is 13.2 Å². The summed E-state index contributed by atoms with van der Waals surface area (Å²) >= 11 is 0. The summed E-state index contributed by atoms with van der Waals surface area (Å²) in [6, 6.07) is 6.73. The molecule has 0 saturated heterocycles. The molecule has 0 fully saturated rings. The molecule has 18 heavy (non-hydrogen) atoms. The van der Waals surface area contributed by atoms with Crippen LogP contribution in [0.5, 0.6) is 0 Å². The van der Waals surface area contributed by atoms with E-state index in [-0.39, 0.29) is 12.5 Å². The number of aliphatic hydroxyl groups is 1. The van der Waals surface area contributed by atoms with Gasteiger partial charge in [-0.1, -0.05) is 18.2 Å². The monoisotopic (exact) mass is 247 g/mol. The zero-order valence-electron chi connectivity index (χ0n) is 10.7. The molecule has 0 spiro atoms. The van der Waals surface area contributed by atoms with Gasteiger partial charge in [0.15, 0.2) is 0 Å². The lowest BCUT2D eigenvalue weighted by molar-refractivity contribution is -0.121. The molecule has 2 N–H and O–H groups in total. The molecule has 2 rings (SSSR count).